The summed E-state index contributed by atoms with van der Waals surface area (Å²) < 4.78 is 1.64. The summed E-state index contributed by atoms with van der Waals surface area (Å²) in [6, 6.07) is 11.6. The molecule has 23 heavy (non-hydrogen) atoms. The van der Waals surface area contributed by atoms with E-state index >= 15 is 0 Å². The van der Waals surface area contributed by atoms with Gasteiger partial charge in [0.25, 0.3) is 5.91 Å². The van der Waals surface area contributed by atoms with Crippen LogP contribution in [0.1, 0.15) is 40.2 Å². The average molecular weight is 327 g/mol. The number of hydrogen-bond donors (Lipinski definition) is 1. The van der Waals surface area contributed by atoms with Crippen molar-refractivity contribution in [2.75, 3.05) is 0 Å². The lowest BCUT2D eigenvalue weighted by atomic mass is 10.1. The zero-order valence-electron chi connectivity index (χ0n) is 12.7. The Kier molecular flexibility index (Phi) is 4.77. The molecular weight excluding hydrogens is 310 g/mol. The molecule has 0 spiro atoms. The standard InChI is InChI=1S/C16H17N5OS/c1-2-14(15-4-3-9-23-15)18-16(22)13-7-5-12(6-8-13)10-21-11-17-19-20-21/h3-9,11,14H,2,10H2,1H3,(H,18,22). The van der Waals surface area contributed by atoms with Crippen molar-refractivity contribution in [2.24, 2.45) is 0 Å². The molecular formula is C16H17N5OS. The Morgan fingerprint density at radius 1 is 1.30 bits per heavy atom. The van der Waals surface area contributed by atoms with E-state index in [2.05, 4.69) is 27.8 Å². The highest BCUT2D eigenvalue weighted by Crippen LogP contribution is 2.22. The summed E-state index contributed by atoms with van der Waals surface area (Å²) in [4.78, 5) is 13.6. The summed E-state index contributed by atoms with van der Waals surface area (Å²) in [5, 5.41) is 16.1. The van der Waals surface area contributed by atoms with Crippen LogP contribution in [-0.2, 0) is 6.54 Å². The minimum Gasteiger partial charge on any atom is -0.344 e. The third-order valence-corrected chi connectivity index (χ3v) is 4.54. The molecule has 1 aromatic carbocycles. The molecule has 3 aromatic rings. The number of thiophene rings is 1. The summed E-state index contributed by atoms with van der Waals surface area (Å²) in [7, 11) is 0. The van der Waals surface area contributed by atoms with Gasteiger partial charge in [-0.25, -0.2) is 4.68 Å². The predicted molar refractivity (Wildman–Crippen MR) is 88.2 cm³/mol. The molecule has 0 aliphatic heterocycles. The largest absolute Gasteiger partial charge is 0.344 e. The smallest absolute Gasteiger partial charge is 0.251 e. The fourth-order valence-corrected chi connectivity index (χ4v) is 3.17. The number of amides is 1. The molecule has 3 rings (SSSR count). The number of carbonyl (C=O) groups is 1. The van der Waals surface area contributed by atoms with Gasteiger partial charge in [0.2, 0.25) is 0 Å². The summed E-state index contributed by atoms with van der Waals surface area (Å²) >= 11 is 1.66. The van der Waals surface area contributed by atoms with Gasteiger partial charge in [-0.3, -0.25) is 4.79 Å². The molecule has 0 aliphatic rings. The molecule has 0 fully saturated rings. The Morgan fingerprint density at radius 2 is 2.13 bits per heavy atom. The quantitative estimate of drug-likeness (QED) is 0.755. The van der Waals surface area contributed by atoms with E-state index < -0.39 is 0 Å². The molecule has 2 heterocycles. The van der Waals surface area contributed by atoms with Crippen LogP contribution in [0.3, 0.4) is 0 Å². The van der Waals surface area contributed by atoms with Crippen molar-refractivity contribution in [1.82, 2.24) is 25.5 Å². The van der Waals surface area contributed by atoms with Gasteiger partial charge < -0.3 is 5.32 Å². The van der Waals surface area contributed by atoms with Crippen LogP contribution in [0.5, 0.6) is 0 Å². The van der Waals surface area contributed by atoms with Crippen LogP contribution in [0.4, 0.5) is 0 Å². The highest BCUT2D eigenvalue weighted by molar-refractivity contribution is 7.10. The lowest BCUT2D eigenvalue weighted by molar-refractivity contribution is 0.0936. The highest BCUT2D eigenvalue weighted by atomic mass is 32.1. The lowest BCUT2D eigenvalue weighted by Gasteiger charge is -2.15. The Labute approximate surface area is 138 Å². The Morgan fingerprint density at radius 3 is 2.74 bits per heavy atom. The molecule has 0 aliphatic carbocycles. The van der Waals surface area contributed by atoms with Crippen LogP contribution in [0.15, 0.2) is 48.1 Å². The Hall–Kier alpha value is -2.54. The molecule has 1 amide bonds. The van der Waals surface area contributed by atoms with E-state index in [9.17, 15) is 4.79 Å². The number of aromatic nitrogens is 4. The van der Waals surface area contributed by atoms with E-state index in [-0.39, 0.29) is 11.9 Å². The van der Waals surface area contributed by atoms with Crippen LogP contribution in [0.25, 0.3) is 0 Å². The van der Waals surface area contributed by atoms with Crippen LogP contribution < -0.4 is 5.32 Å². The van der Waals surface area contributed by atoms with Crippen LogP contribution in [0, 0.1) is 0 Å². The van der Waals surface area contributed by atoms with E-state index in [4.69, 9.17) is 0 Å². The van der Waals surface area contributed by atoms with Crippen molar-refractivity contribution in [3.8, 4) is 0 Å². The van der Waals surface area contributed by atoms with Gasteiger partial charge in [0.05, 0.1) is 12.6 Å². The first kappa shape index (κ1) is 15.4. The van der Waals surface area contributed by atoms with Gasteiger partial charge in [-0.1, -0.05) is 25.1 Å². The number of tetrazole rings is 1. The SMILES string of the molecule is CCC(NC(=O)c1ccc(Cn2cnnn2)cc1)c1cccs1. The molecule has 0 saturated heterocycles. The van der Waals surface area contributed by atoms with Gasteiger partial charge in [-0.15, -0.1) is 16.4 Å². The first-order valence-electron chi connectivity index (χ1n) is 7.40. The van der Waals surface area contributed by atoms with Crippen molar-refractivity contribution < 1.29 is 4.79 Å². The van der Waals surface area contributed by atoms with Gasteiger partial charge in [0.15, 0.2) is 0 Å². The Balaban J connectivity index is 1.65. The number of carbonyl (C=O) groups excluding carboxylic acids is 1. The maximum Gasteiger partial charge on any atom is 0.251 e. The zero-order chi connectivity index (χ0) is 16.1. The minimum atomic E-state index is -0.0563. The second-order valence-corrected chi connectivity index (χ2v) is 6.13. The number of hydrogen-bond acceptors (Lipinski definition) is 5. The average Bonchev–Trinajstić information content (AvgIpc) is 3.26. The minimum absolute atomic E-state index is 0.0563. The molecule has 118 valence electrons. The molecule has 1 unspecified atom stereocenters. The first-order valence-corrected chi connectivity index (χ1v) is 8.28. The number of rotatable bonds is 6. The summed E-state index contributed by atoms with van der Waals surface area (Å²) in [5.41, 5.74) is 1.69. The van der Waals surface area contributed by atoms with Gasteiger partial charge in [-0.05, 0) is 46.0 Å². The second kappa shape index (κ2) is 7.15. The van der Waals surface area contributed by atoms with E-state index in [0.29, 0.717) is 12.1 Å². The fourth-order valence-electron chi connectivity index (χ4n) is 2.31. The maximum absolute atomic E-state index is 12.4. The lowest BCUT2D eigenvalue weighted by Crippen LogP contribution is -2.27. The van der Waals surface area contributed by atoms with E-state index in [1.54, 1.807) is 22.3 Å². The van der Waals surface area contributed by atoms with Crippen molar-refractivity contribution in [1.29, 1.82) is 0 Å². The highest BCUT2D eigenvalue weighted by Gasteiger charge is 2.14. The van der Waals surface area contributed by atoms with Crippen molar-refractivity contribution in [2.45, 2.75) is 25.9 Å². The van der Waals surface area contributed by atoms with Crippen LogP contribution in [-0.4, -0.2) is 26.1 Å². The molecule has 7 heteroatoms. The normalized spacial score (nSPS) is 12.0. The molecule has 6 nitrogen and oxygen atoms in total. The summed E-state index contributed by atoms with van der Waals surface area (Å²) in [6.07, 6.45) is 2.43. The van der Waals surface area contributed by atoms with Crippen LogP contribution in [0.2, 0.25) is 0 Å². The first-order chi connectivity index (χ1) is 11.3. The van der Waals surface area contributed by atoms with Crippen molar-refractivity contribution >= 4 is 17.2 Å². The van der Waals surface area contributed by atoms with Crippen molar-refractivity contribution in [3.05, 3.63) is 64.1 Å². The van der Waals surface area contributed by atoms with Gasteiger partial charge in [0, 0.05) is 10.4 Å². The number of nitrogens with one attached hydrogen (secondary N) is 1. The molecule has 1 N–H and O–H groups in total. The van der Waals surface area contributed by atoms with Gasteiger partial charge >= 0.3 is 0 Å². The third kappa shape index (κ3) is 3.81. The molecule has 0 bridgehead atoms. The number of nitrogens with zero attached hydrogens (tertiary/aromatic N) is 4. The monoisotopic (exact) mass is 327 g/mol. The molecule has 0 saturated carbocycles. The van der Waals surface area contributed by atoms with Gasteiger partial charge in [-0.2, -0.15) is 0 Å². The zero-order valence-corrected chi connectivity index (χ0v) is 13.5. The van der Waals surface area contributed by atoms with E-state index in [0.717, 1.165) is 12.0 Å². The second-order valence-electron chi connectivity index (χ2n) is 5.15. The number of benzene rings is 1. The molecule has 0 radical (unpaired) electrons. The van der Waals surface area contributed by atoms with Crippen LogP contribution >= 0.6 is 11.3 Å². The Bertz CT molecular complexity index is 737. The predicted octanol–water partition coefficient (Wildman–Crippen LogP) is 2.66. The van der Waals surface area contributed by atoms with Crippen molar-refractivity contribution in [3.63, 3.8) is 0 Å². The van der Waals surface area contributed by atoms with Gasteiger partial charge in [0.1, 0.15) is 6.33 Å². The maximum atomic E-state index is 12.4. The molecule has 1 atom stereocenters. The fraction of sp³-hybridized carbons (Fsp3) is 0.250. The molecule has 2 aromatic heterocycles. The van der Waals surface area contributed by atoms with E-state index in [1.165, 1.54) is 4.88 Å². The topological polar surface area (TPSA) is 72.7 Å². The third-order valence-electron chi connectivity index (χ3n) is 3.55. The summed E-state index contributed by atoms with van der Waals surface area (Å²) in [5.74, 6) is -0.0563. The van der Waals surface area contributed by atoms with E-state index in [1.807, 2.05) is 41.8 Å². The summed E-state index contributed by atoms with van der Waals surface area (Å²) in [6.45, 7) is 2.65.